The zero-order valence-corrected chi connectivity index (χ0v) is 17.2. The highest BCUT2D eigenvalue weighted by Crippen LogP contribution is 2.27. The summed E-state index contributed by atoms with van der Waals surface area (Å²) < 4.78 is 21.5. The fourth-order valence-electron chi connectivity index (χ4n) is 2.76. The molecule has 1 amide bonds. The maximum absolute atomic E-state index is 12.4. The molecule has 1 unspecified atom stereocenters. The number of aromatic nitrogens is 2. The van der Waals surface area contributed by atoms with Gasteiger partial charge in [0.15, 0.2) is 0 Å². The van der Waals surface area contributed by atoms with Gasteiger partial charge in [-0.3, -0.25) is 0 Å². The van der Waals surface area contributed by atoms with Crippen molar-refractivity contribution in [3.63, 3.8) is 0 Å². The SMILES string of the molecule is COC(OC)(OC)c1cnc(C(Cc2ccccc2)NC(=O)OC(C)(C)C)[nH]1. The number of aromatic amines is 1. The molecule has 2 N–H and O–H groups in total. The van der Waals surface area contributed by atoms with Gasteiger partial charge in [-0.05, 0) is 26.3 Å². The van der Waals surface area contributed by atoms with Crippen LogP contribution < -0.4 is 5.32 Å². The predicted molar refractivity (Wildman–Crippen MR) is 104 cm³/mol. The molecule has 0 bridgehead atoms. The molecule has 1 aromatic carbocycles. The smallest absolute Gasteiger partial charge is 0.408 e. The molecule has 0 saturated heterocycles. The zero-order chi connectivity index (χ0) is 20.8. The number of rotatable bonds is 8. The van der Waals surface area contributed by atoms with Crippen LogP contribution >= 0.6 is 0 Å². The number of benzene rings is 1. The molecule has 1 heterocycles. The lowest BCUT2D eigenvalue weighted by atomic mass is 10.1. The van der Waals surface area contributed by atoms with Gasteiger partial charge in [-0.25, -0.2) is 9.78 Å². The van der Waals surface area contributed by atoms with E-state index >= 15 is 0 Å². The zero-order valence-electron chi connectivity index (χ0n) is 17.2. The quantitative estimate of drug-likeness (QED) is 0.671. The minimum atomic E-state index is -1.41. The van der Waals surface area contributed by atoms with Crippen LogP contribution in [-0.2, 0) is 31.3 Å². The third-order valence-electron chi connectivity index (χ3n) is 4.04. The Balaban J connectivity index is 2.29. The number of ether oxygens (including phenoxy) is 4. The average Bonchev–Trinajstić information content (AvgIpc) is 3.13. The Morgan fingerprint density at radius 3 is 2.25 bits per heavy atom. The number of carbonyl (C=O) groups is 1. The third-order valence-corrected chi connectivity index (χ3v) is 4.04. The van der Waals surface area contributed by atoms with Crippen LogP contribution in [-0.4, -0.2) is 43.0 Å². The highest BCUT2D eigenvalue weighted by molar-refractivity contribution is 5.68. The second kappa shape index (κ2) is 9.18. The Morgan fingerprint density at radius 2 is 1.71 bits per heavy atom. The number of carbonyl (C=O) groups excluding carboxylic acids is 1. The number of hydrogen-bond acceptors (Lipinski definition) is 6. The number of nitrogens with one attached hydrogen (secondary N) is 2. The molecule has 8 nitrogen and oxygen atoms in total. The van der Waals surface area contributed by atoms with Crippen LogP contribution in [0.3, 0.4) is 0 Å². The van der Waals surface area contributed by atoms with Gasteiger partial charge in [0, 0.05) is 27.8 Å². The third kappa shape index (κ3) is 5.54. The summed E-state index contributed by atoms with van der Waals surface area (Å²) in [6.07, 6.45) is 1.55. The summed E-state index contributed by atoms with van der Waals surface area (Å²) in [6, 6.07) is 9.34. The van der Waals surface area contributed by atoms with Crippen molar-refractivity contribution in [2.45, 2.75) is 44.8 Å². The molecule has 154 valence electrons. The summed E-state index contributed by atoms with van der Waals surface area (Å²) in [5.74, 6) is -0.880. The summed E-state index contributed by atoms with van der Waals surface area (Å²) in [6.45, 7) is 5.44. The number of nitrogens with zero attached hydrogens (tertiary/aromatic N) is 1. The number of H-pyrrole nitrogens is 1. The van der Waals surface area contributed by atoms with Crippen LogP contribution in [0.25, 0.3) is 0 Å². The van der Waals surface area contributed by atoms with Crippen LogP contribution in [0.5, 0.6) is 0 Å². The fourth-order valence-corrected chi connectivity index (χ4v) is 2.76. The van der Waals surface area contributed by atoms with Gasteiger partial charge in [0.25, 0.3) is 0 Å². The molecule has 0 spiro atoms. The van der Waals surface area contributed by atoms with E-state index in [2.05, 4.69) is 15.3 Å². The summed E-state index contributed by atoms with van der Waals surface area (Å²) >= 11 is 0. The van der Waals surface area contributed by atoms with Crippen molar-refractivity contribution in [1.29, 1.82) is 0 Å². The number of hydrogen-bond donors (Lipinski definition) is 2. The molecular formula is C20H29N3O5. The Kier molecular flexibility index (Phi) is 7.17. The molecule has 1 aromatic heterocycles. The van der Waals surface area contributed by atoms with Gasteiger partial charge in [0.1, 0.15) is 17.1 Å². The average molecular weight is 391 g/mol. The Labute approximate surface area is 165 Å². The van der Waals surface area contributed by atoms with Crippen molar-refractivity contribution in [2.75, 3.05) is 21.3 Å². The number of alkyl carbamates (subject to hydrolysis) is 1. The van der Waals surface area contributed by atoms with E-state index in [1.54, 1.807) is 6.20 Å². The van der Waals surface area contributed by atoms with Gasteiger partial charge >= 0.3 is 12.1 Å². The molecule has 0 aliphatic rings. The first-order chi connectivity index (χ1) is 13.2. The molecule has 28 heavy (non-hydrogen) atoms. The van der Waals surface area contributed by atoms with Crippen LogP contribution in [0, 0.1) is 0 Å². The van der Waals surface area contributed by atoms with Crippen LogP contribution in [0.2, 0.25) is 0 Å². The van der Waals surface area contributed by atoms with Crippen LogP contribution in [0.4, 0.5) is 4.79 Å². The second-order valence-corrected chi connectivity index (χ2v) is 7.24. The highest BCUT2D eigenvalue weighted by atomic mass is 16.9. The lowest BCUT2D eigenvalue weighted by molar-refractivity contribution is -0.366. The Bertz CT molecular complexity index is 742. The van der Waals surface area contributed by atoms with Crippen LogP contribution in [0.15, 0.2) is 36.5 Å². The van der Waals surface area contributed by atoms with E-state index in [0.717, 1.165) is 5.56 Å². The van der Waals surface area contributed by atoms with Crippen molar-refractivity contribution in [1.82, 2.24) is 15.3 Å². The van der Waals surface area contributed by atoms with E-state index < -0.39 is 23.7 Å². The van der Waals surface area contributed by atoms with E-state index in [0.29, 0.717) is 17.9 Å². The minimum Gasteiger partial charge on any atom is -0.444 e. The second-order valence-electron chi connectivity index (χ2n) is 7.24. The van der Waals surface area contributed by atoms with Crippen molar-refractivity contribution in [3.05, 3.63) is 53.6 Å². The minimum absolute atomic E-state index is 0.450. The molecule has 2 rings (SSSR count). The van der Waals surface area contributed by atoms with Crippen molar-refractivity contribution >= 4 is 6.09 Å². The molecule has 0 fully saturated rings. The fraction of sp³-hybridized carbons (Fsp3) is 0.500. The number of amides is 1. The maximum Gasteiger partial charge on any atom is 0.408 e. The van der Waals surface area contributed by atoms with E-state index in [4.69, 9.17) is 18.9 Å². The first-order valence-electron chi connectivity index (χ1n) is 8.97. The molecule has 8 heteroatoms. The van der Waals surface area contributed by atoms with Gasteiger partial charge in [-0.15, -0.1) is 0 Å². The molecular weight excluding hydrogens is 362 g/mol. The normalized spacial score (nSPS) is 13.2. The highest BCUT2D eigenvalue weighted by Gasteiger charge is 2.35. The van der Waals surface area contributed by atoms with Crippen molar-refractivity contribution in [2.24, 2.45) is 0 Å². The standard InChI is InChI=1S/C20H29N3O5/c1-19(2,3)28-18(24)22-15(12-14-10-8-7-9-11-14)17-21-13-16(23-17)20(25-4,26-5)27-6/h7-11,13,15H,12H2,1-6H3,(H,21,23)(H,22,24). The molecule has 0 radical (unpaired) electrons. The molecule has 0 aliphatic carbocycles. The summed E-state index contributed by atoms with van der Waals surface area (Å²) in [4.78, 5) is 19.9. The Hall–Kier alpha value is -2.42. The predicted octanol–water partition coefficient (Wildman–Crippen LogP) is 3.27. The number of imidazole rings is 1. The molecule has 0 aliphatic heterocycles. The van der Waals surface area contributed by atoms with Gasteiger partial charge < -0.3 is 29.2 Å². The lowest BCUT2D eigenvalue weighted by Gasteiger charge is -2.27. The van der Waals surface area contributed by atoms with Gasteiger partial charge in [-0.1, -0.05) is 30.3 Å². The molecule has 2 aromatic rings. The van der Waals surface area contributed by atoms with E-state index in [1.165, 1.54) is 21.3 Å². The maximum atomic E-state index is 12.4. The van der Waals surface area contributed by atoms with E-state index in [1.807, 2.05) is 51.1 Å². The van der Waals surface area contributed by atoms with Gasteiger partial charge in [0.05, 0.1) is 12.2 Å². The van der Waals surface area contributed by atoms with Gasteiger partial charge in [0.2, 0.25) is 0 Å². The van der Waals surface area contributed by atoms with E-state index in [9.17, 15) is 4.79 Å². The first-order valence-corrected chi connectivity index (χ1v) is 8.97. The lowest BCUT2D eigenvalue weighted by Crippen LogP contribution is -2.36. The molecule has 0 saturated carbocycles. The van der Waals surface area contributed by atoms with E-state index in [-0.39, 0.29) is 0 Å². The Morgan fingerprint density at radius 1 is 1.11 bits per heavy atom. The largest absolute Gasteiger partial charge is 0.444 e. The number of methoxy groups -OCH3 is 3. The summed E-state index contributed by atoms with van der Waals surface area (Å²) in [5, 5.41) is 2.88. The first kappa shape index (κ1) is 21.9. The van der Waals surface area contributed by atoms with Gasteiger partial charge in [-0.2, -0.15) is 0 Å². The monoisotopic (exact) mass is 391 g/mol. The van der Waals surface area contributed by atoms with Crippen molar-refractivity contribution in [3.8, 4) is 0 Å². The molecule has 1 atom stereocenters. The van der Waals surface area contributed by atoms with Crippen molar-refractivity contribution < 1.29 is 23.7 Å². The summed E-state index contributed by atoms with van der Waals surface area (Å²) in [5.41, 5.74) is 0.907. The topological polar surface area (TPSA) is 94.7 Å². The summed E-state index contributed by atoms with van der Waals surface area (Å²) in [7, 11) is 4.40. The van der Waals surface area contributed by atoms with Crippen LogP contribution in [0.1, 0.15) is 43.9 Å².